The molecule has 0 fully saturated rings. The number of rotatable bonds is 8. The Bertz CT molecular complexity index is 2470. The summed E-state index contributed by atoms with van der Waals surface area (Å²) in [5.74, 6) is 0. The van der Waals surface area contributed by atoms with Crippen molar-refractivity contribution in [2.75, 3.05) is 0 Å². The molecular weight excluding hydrogens is 773 g/mol. The fourth-order valence-electron chi connectivity index (χ4n) is 6.43. The lowest BCUT2D eigenvalue weighted by atomic mass is 10.2. The fourth-order valence-corrected chi connectivity index (χ4v) is 9.52. The molecule has 0 saturated heterocycles. The zero-order chi connectivity index (χ0) is 38.2. The van der Waals surface area contributed by atoms with Crippen molar-refractivity contribution in [2.24, 2.45) is 28.2 Å². The molecule has 0 aliphatic heterocycles. The first-order valence-electron chi connectivity index (χ1n) is 17.7. The third-order valence-corrected chi connectivity index (χ3v) is 12.7. The Morgan fingerprint density at radius 3 is 0.786 bits per heavy atom. The minimum atomic E-state index is 0.847. The second kappa shape index (κ2) is 15.2. The monoisotopic (exact) mass is 806 g/mol. The van der Waals surface area contributed by atoms with Gasteiger partial charge >= 0.3 is 0 Å². The first kappa shape index (κ1) is 35.6. The molecule has 0 aliphatic rings. The number of nitrogens with zero attached hydrogens (tertiary/aromatic N) is 10. The third-order valence-electron chi connectivity index (χ3n) is 9.16. The minimum absolute atomic E-state index is 0.847. The highest BCUT2D eigenvalue weighted by atomic mass is 32.1. The summed E-state index contributed by atoms with van der Waals surface area (Å²) in [6, 6.07) is 37.0. The second-order valence-corrected chi connectivity index (χ2v) is 16.7. The quantitative estimate of drug-likeness (QED) is 0.152. The normalized spacial score (nSPS) is 11.2. The van der Waals surface area contributed by atoms with Gasteiger partial charge in [0.25, 0.3) is 0 Å². The van der Waals surface area contributed by atoms with Gasteiger partial charge in [-0.15, -0.1) is 45.3 Å². The maximum atomic E-state index is 4.84. The summed E-state index contributed by atoms with van der Waals surface area (Å²) in [4.78, 5) is 14.5. The molecule has 10 aromatic heterocycles. The van der Waals surface area contributed by atoms with E-state index < -0.39 is 0 Å². The van der Waals surface area contributed by atoms with Gasteiger partial charge in [0.1, 0.15) is 22.8 Å². The van der Waals surface area contributed by atoms with Crippen LogP contribution in [0.25, 0.3) is 87.8 Å². The molecule has 14 heteroatoms. The molecule has 0 spiro atoms. The van der Waals surface area contributed by atoms with Crippen molar-refractivity contribution in [3.05, 3.63) is 131 Å². The maximum absolute atomic E-state index is 4.84. The third kappa shape index (κ3) is 7.10. The maximum Gasteiger partial charge on any atom is 0.111 e. The second-order valence-electron chi connectivity index (χ2n) is 12.9. The van der Waals surface area contributed by atoms with Crippen molar-refractivity contribution in [3.8, 4) is 87.8 Å². The van der Waals surface area contributed by atoms with Crippen LogP contribution >= 0.6 is 45.3 Å². The molecule has 56 heavy (non-hydrogen) atoms. The molecule has 0 N–H and O–H groups in total. The molecule has 276 valence electrons. The van der Waals surface area contributed by atoms with E-state index in [2.05, 4.69) is 115 Å². The van der Waals surface area contributed by atoms with Crippen LogP contribution in [0.2, 0.25) is 0 Å². The number of pyridine rings is 2. The van der Waals surface area contributed by atoms with Gasteiger partial charge in [0.2, 0.25) is 0 Å². The van der Waals surface area contributed by atoms with Crippen LogP contribution in [0.4, 0.5) is 0 Å². The number of aromatic nitrogens is 10. The largest absolute Gasteiger partial charge is 0.266 e. The predicted molar refractivity (Wildman–Crippen MR) is 231 cm³/mol. The Balaban J connectivity index is 0.000000146. The van der Waals surface area contributed by atoms with Gasteiger partial charge < -0.3 is 0 Å². The number of hydrogen-bond acceptors (Lipinski definition) is 10. The summed E-state index contributed by atoms with van der Waals surface area (Å²) in [6.45, 7) is 0. The van der Waals surface area contributed by atoms with Crippen molar-refractivity contribution < 1.29 is 0 Å². The molecule has 10 nitrogen and oxygen atoms in total. The van der Waals surface area contributed by atoms with E-state index in [1.54, 1.807) is 45.3 Å². The lowest BCUT2D eigenvalue weighted by molar-refractivity contribution is 0.777. The van der Waals surface area contributed by atoms with Crippen LogP contribution in [0.1, 0.15) is 0 Å². The molecule has 0 saturated carbocycles. The van der Waals surface area contributed by atoms with E-state index in [1.807, 2.05) is 83.3 Å². The zero-order valence-electron chi connectivity index (χ0n) is 30.8. The van der Waals surface area contributed by atoms with Gasteiger partial charge in [-0.3, -0.25) is 18.7 Å². The molecule has 0 aromatic carbocycles. The Labute approximate surface area is 339 Å². The fraction of sp³-hybridized carbons (Fsp3) is 0.0952. The molecule has 10 aromatic rings. The van der Waals surface area contributed by atoms with E-state index in [0.717, 1.165) is 68.3 Å². The van der Waals surface area contributed by atoms with Crippen molar-refractivity contribution in [2.45, 2.75) is 0 Å². The lowest BCUT2D eigenvalue weighted by Gasteiger charge is -1.99. The SMILES string of the molecule is Cn1nc(-c2cccc(-c3cc(-c4cccs4)n(C)n3)n2)cc1-c1cccs1.Cn1nc(-c2cccc(-c3cc(-c4cccs4)n(C)n3)n2)cc1-c1cccs1. The lowest BCUT2D eigenvalue weighted by Crippen LogP contribution is -1.94. The summed E-state index contributed by atoms with van der Waals surface area (Å²) in [5.41, 5.74) is 11.2. The van der Waals surface area contributed by atoms with E-state index in [4.69, 9.17) is 9.97 Å². The number of hydrogen-bond donors (Lipinski definition) is 0. The van der Waals surface area contributed by atoms with Crippen LogP contribution in [0.15, 0.2) is 131 Å². The summed E-state index contributed by atoms with van der Waals surface area (Å²) in [5, 5.41) is 27.0. The molecular formula is C42H34N10S4. The molecule has 0 unspecified atom stereocenters. The predicted octanol–water partition coefficient (Wildman–Crippen LogP) is 10.7. The summed E-state index contributed by atoms with van der Waals surface area (Å²) >= 11 is 6.83. The van der Waals surface area contributed by atoms with E-state index in [0.29, 0.717) is 0 Å². The van der Waals surface area contributed by atoms with E-state index >= 15 is 0 Å². The van der Waals surface area contributed by atoms with Crippen molar-refractivity contribution in [3.63, 3.8) is 0 Å². The van der Waals surface area contributed by atoms with Crippen molar-refractivity contribution in [1.29, 1.82) is 0 Å². The number of thiophene rings is 4. The highest BCUT2D eigenvalue weighted by Crippen LogP contribution is 2.33. The summed E-state index contributed by atoms with van der Waals surface area (Å²) < 4.78 is 7.63. The van der Waals surface area contributed by atoms with Crippen molar-refractivity contribution >= 4 is 45.3 Å². The van der Waals surface area contributed by atoms with Gasteiger partial charge in [0, 0.05) is 28.2 Å². The molecule has 10 rings (SSSR count). The van der Waals surface area contributed by atoms with Gasteiger partial charge in [0.05, 0.1) is 65.1 Å². The Hall–Kier alpha value is -6.06. The zero-order valence-corrected chi connectivity index (χ0v) is 34.1. The molecule has 0 aliphatic carbocycles. The van der Waals surface area contributed by atoms with Gasteiger partial charge in [-0.2, -0.15) is 20.4 Å². The molecule has 0 atom stereocenters. The summed E-state index contributed by atoms with van der Waals surface area (Å²) in [7, 11) is 7.87. The Morgan fingerprint density at radius 1 is 0.321 bits per heavy atom. The van der Waals surface area contributed by atoms with Crippen LogP contribution in [0, 0.1) is 0 Å². The van der Waals surface area contributed by atoms with Crippen LogP contribution in [-0.4, -0.2) is 49.1 Å². The molecule has 10 heterocycles. The first-order valence-corrected chi connectivity index (χ1v) is 21.2. The molecule has 0 radical (unpaired) electrons. The van der Waals surface area contributed by atoms with Gasteiger partial charge in [-0.1, -0.05) is 36.4 Å². The van der Waals surface area contributed by atoms with Crippen molar-refractivity contribution in [1.82, 2.24) is 49.1 Å². The smallest absolute Gasteiger partial charge is 0.111 e. The Kier molecular flexibility index (Phi) is 9.69. The Morgan fingerprint density at radius 2 is 0.571 bits per heavy atom. The highest BCUT2D eigenvalue weighted by molar-refractivity contribution is 7.14. The van der Waals surface area contributed by atoms with Crippen LogP contribution < -0.4 is 0 Å². The van der Waals surface area contributed by atoms with Crippen LogP contribution in [-0.2, 0) is 28.2 Å². The van der Waals surface area contributed by atoms with E-state index in [-0.39, 0.29) is 0 Å². The summed E-state index contributed by atoms with van der Waals surface area (Å²) in [6.07, 6.45) is 0. The van der Waals surface area contributed by atoms with Gasteiger partial charge in [-0.05, 0) is 94.3 Å². The van der Waals surface area contributed by atoms with E-state index in [9.17, 15) is 0 Å². The molecule has 0 bridgehead atoms. The van der Waals surface area contributed by atoms with Crippen LogP contribution in [0.3, 0.4) is 0 Å². The average Bonchev–Trinajstić information content (AvgIpc) is 4.06. The minimum Gasteiger partial charge on any atom is -0.266 e. The first-order chi connectivity index (χ1) is 27.4. The topological polar surface area (TPSA) is 97.1 Å². The number of aryl methyl sites for hydroxylation is 4. The van der Waals surface area contributed by atoms with Gasteiger partial charge in [0.15, 0.2) is 0 Å². The molecule has 0 amide bonds. The standard InChI is InChI=1S/2C21H17N5S2/c2*1-25-18(20-8-4-10-27-20)12-16(23-25)14-6-3-7-15(22-14)17-13-19(26(2)24-17)21-9-5-11-28-21/h2*3-13H,1-2H3. The highest BCUT2D eigenvalue weighted by Gasteiger charge is 2.16. The van der Waals surface area contributed by atoms with Gasteiger partial charge in [-0.25, -0.2) is 9.97 Å². The van der Waals surface area contributed by atoms with E-state index in [1.165, 1.54) is 19.5 Å². The average molecular weight is 807 g/mol. The van der Waals surface area contributed by atoms with Crippen LogP contribution in [0.5, 0.6) is 0 Å².